The van der Waals surface area contributed by atoms with E-state index in [0.717, 1.165) is 30.0 Å². The summed E-state index contributed by atoms with van der Waals surface area (Å²) >= 11 is 0. The summed E-state index contributed by atoms with van der Waals surface area (Å²) < 4.78 is 68.8. The van der Waals surface area contributed by atoms with Crippen molar-refractivity contribution in [2.24, 2.45) is 0 Å². The van der Waals surface area contributed by atoms with Crippen LogP contribution in [0.4, 0.5) is 19.0 Å². The fourth-order valence-electron chi connectivity index (χ4n) is 2.15. The van der Waals surface area contributed by atoms with E-state index in [2.05, 4.69) is 19.5 Å². The average Bonchev–Trinajstić information content (AvgIpc) is 2.89. The van der Waals surface area contributed by atoms with Crippen LogP contribution in [0.15, 0.2) is 47.6 Å². The number of alkyl halides is 3. The van der Waals surface area contributed by atoms with Gasteiger partial charge in [0.25, 0.3) is 10.0 Å². The van der Waals surface area contributed by atoms with Crippen LogP contribution >= 0.6 is 0 Å². The maximum Gasteiger partial charge on any atom is 0.573 e. The highest BCUT2D eigenvalue weighted by molar-refractivity contribution is 7.92. The molecular formula is C14H11F3N4O3S. The second-order valence-corrected chi connectivity index (χ2v) is 6.69. The number of hydrogen-bond donors (Lipinski definition) is 1. The maximum atomic E-state index is 12.4. The number of sulfonamides is 1. The van der Waals surface area contributed by atoms with E-state index in [9.17, 15) is 21.6 Å². The van der Waals surface area contributed by atoms with Crippen LogP contribution in [0.3, 0.4) is 0 Å². The Morgan fingerprint density at radius 3 is 2.44 bits per heavy atom. The van der Waals surface area contributed by atoms with Crippen molar-refractivity contribution >= 4 is 21.4 Å². The van der Waals surface area contributed by atoms with Crippen molar-refractivity contribution in [2.45, 2.75) is 18.2 Å². The van der Waals surface area contributed by atoms with Crippen molar-refractivity contribution in [2.75, 3.05) is 4.72 Å². The molecule has 0 saturated heterocycles. The molecule has 3 aromatic rings. The Hall–Kier alpha value is -2.82. The lowest BCUT2D eigenvalue weighted by Gasteiger charge is -2.11. The molecule has 0 spiro atoms. The zero-order valence-corrected chi connectivity index (χ0v) is 13.5. The van der Waals surface area contributed by atoms with Crippen LogP contribution in [-0.2, 0) is 10.0 Å². The second-order valence-electron chi connectivity index (χ2n) is 5.01. The third kappa shape index (κ3) is 3.65. The van der Waals surface area contributed by atoms with E-state index in [1.807, 2.05) is 0 Å². The zero-order valence-electron chi connectivity index (χ0n) is 12.6. The maximum absolute atomic E-state index is 12.4. The third-order valence-corrected chi connectivity index (χ3v) is 4.59. The third-order valence-electron chi connectivity index (χ3n) is 3.24. The molecule has 0 amide bonds. The van der Waals surface area contributed by atoms with Gasteiger partial charge >= 0.3 is 6.36 Å². The van der Waals surface area contributed by atoms with Gasteiger partial charge in [0.05, 0.1) is 4.90 Å². The predicted octanol–water partition coefficient (Wildman–Crippen LogP) is 2.74. The number of nitrogens with one attached hydrogen (secondary N) is 1. The van der Waals surface area contributed by atoms with Gasteiger partial charge in [-0.2, -0.15) is 5.10 Å². The van der Waals surface area contributed by atoms with Crippen molar-refractivity contribution in [3.05, 3.63) is 48.4 Å². The van der Waals surface area contributed by atoms with Gasteiger partial charge in [0.1, 0.15) is 17.6 Å². The van der Waals surface area contributed by atoms with Gasteiger partial charge in [-0.15, -0.1) is 13.2 Å². The second kappa shape index (κ2) is 5.92. The molecule has 0 aliphatic carbocycles. The summed E-state index contributed by atoms with van der Waals surface area (Å²) in [5, 5.41) is 4.00. The molecule has 0 unspecified atom stereocenters. The van der Waals surface area contributed by atoms with E-state index in [4.69, 9.17) is 0 Å². The van der Waals surface area contributed by atoms with Crippen LogP contribution in [0, 0.1) is 6.92 Å². The number of nitrogens with zero attached hydrogens (tertiary/aromatic N) is 3. The molecule has 132 valence electrons. The largest absolute Gasteiger partial charge is 0.573 e. The first-order valence-electron chi connectivity index (χ1n) is 6.84. The molecule has 2 heterocycles. The number of halogens is 3. The quantitative estimate of drug-likeness (QED) is 0.761. The number of fused-ring (bicyclic) bond motifs is 1. The standard InChI is InChI=1S/C14H11F3N4O3S/c1-9-2-7-12-13(18-8-19-21(9)12)20-25(22,23)11-5-3-10(4-6-11)24-14(15,16)17/h2-8H,1H3,(H,18,19,20). The first kappa shape index (κ1) is 17.0. The summed E-state index contributed by atoms with van der Waals surface area (Å²) in [7, 11) is -4.05. The number of hydrogen-bond acceptors (Lipinski definition) is 5. The Morgan fingerprint density at radius 2 is 1.80 bits per heavy atom. The monoisotopic (exact) mass is 372 g/mol. The molecule has 0 aliphatic heterocycles. The predicted molar refractivity (Wildman–Crippen MR) is 81.7 cm³/mol. The Labute approximate surface area is 140 Å². The summed E-state index contributed by atoms with van der Waals surface area (Å²) in [4.78, 5) is 3.67. The van der Waals surface area contributed by atoms with E-state index in [1.165, 1.54) is 10.8 Å². The molecule has 0 bridgehead atoms. The first-order chi connectivity index (χ1) is 11.7. The van der Waals surface area contributed by atoms with Gasteiger partial charge in [-0.1, -0.05) is 0 Å². The number of rotatable bonds is 4. The lowest BCUT2D eigenvalue weighted by molar-refractivity contribution is -0.274. The van der Waals surface area contributed by atoms with Crippen molar-refractivity contribution in [3.63, 3.8) is 0 Å². The Kier molecular flexibility index (Phi) is 4.03. The minimum Gasteiger partial charge on any atom is -0.406 e. The molecule has 1 aromatic carbocycles. The van der Waals surface area contributed by atoms with Crippen molar-refractivity contribution < 1.29 is 26.3 Å². The van der Waals surface area contributed by atoms with E-state index in [1.54, 1.807) is 19.1 Å². The highest BCUT2D eigenvalue weighted by Crippen LogP contribution is 2.25. The van der Waals surface area contributed by atoms with Crippen LogP contribution in [0.25, 0.3) is 5.52 Å². The Bertz CT molecular complexity index is 1010. The van der Waals surface area contributed by atoms with Crippen LogP contribution in [0.5, 0.6) is 5.75 Å². The van der Waals surface area contributed by atoms with E-state index >= 15 is 0 Å². The van der Waals surface area contributed by atoms with Gasteiger partial charge in [-0.3, -0.25) is 4.72 Å². The minimum absolute atomic E-state index is 0.0544. The first-order valence-corrected chi connectivity index (χ1v) is 8.32. The van der Waals surface area contributed by atoms with E-state index < -0.39 is 22.1 Å². The van der Waals surface area contributed by atoms with Gasteiger partial charge in [0.15, 0.2) is 5.82 Å². The number of aromatic nitrogens is 3. The Balaban J connectivity index is 1.89. The number of aryl methyl sites for hydroxylation is 1. The van der Waals surface area contributed by atoms with Crippen LogP contribution in [0.2, 0.25) is 0 Å². The average molecular weight is 372 g/mol. The molecule has 1 N–H and O–H groups in total. The molecule has 0 radical (unpaired) electrons. The molecule has 0 saturated carbocycles. The Morgan fingerprint density at radius 1 is 1.12 bits per heavy atom. The molecule has 2 aromatic heterocycles. The molecular weight excluding hydrogens is 361 g/mol. The number of ether oxygens (including phenoxy) is 1. The molecule has 0 fully saturated rings. The lowest BCUT2D eigenvalue weighted by atomic mass is 10.3. The van der Waals surface area contributed by atoms with Gasteiger partial charge in [-0.25, -0.2) is 17.9 Å². The molecule has 25 heavy (non-hydrogen) atoms. The summed E-state index contributed by atoms with van der Waals surface area (Å²) in [6.45, 7) is 1.79. The normalized spacial score (nSPS) is 12.3. The SMILES string of the molecule is Cc1ccc2c(NS(=O)(=O)c3ccc(OC(F)(F)F)cc3)ncnn12. The summed E-state index contributed by atoms with van der Waals surface area (Å²) in [6, 6.07) is 7.23. The molecule has 3 rings (SSSR count). The van der Waals surface area contributed by atoms with Gasteiger partial charge in [-0.05, 0) is 43.3 Å². The number of benzene rings is 1. The van der Waals surface area contributed by atoms with Crippen LogP contribution < -0.4 is 9.46 Å². The lowest BCUT2D eigenvalue weighted by Crippen LogP contribution is -2.17. The number of anilines is 1. The summed E-state index contributed by atoms with van der Waals surface area (Å²) in [5.41, 5.74) is 1.23. The van der Waals surface area contributed by atoms with E-state index in [0.29, 0.717) is 5.52 Å². The fraction of sp³-hybridized carbons (Fsp3) is 0.143. The van der Waals surface area contributed by atoms with Gasteiger partial charge in [0.2, 0.25) is 0 Å². The van der Waals surface area contributed by atoms with Gasteiger partial charge in [0, 0.05) is 5.69 Å². The molecule has 0 aliphatic rings. The summed E-state index contributed by atoms with van der Waals surface area (Å²) in [5.74, 6) is -0.461. The van der Waals surface area contributed by atoms with E-state index in [-0.39, 0.29) is 10.7 Å². The molecule has 0 atom stereocenters. The van der Waals surface area contributed by atoms with Crippen LogP contribution in [0.1, 0.15) is 5.69 Å². The van der Waals surface area contributed by atoms with Crippen molar-refractivity contribution in [3.8, 4) is 5.75 Å². The highest BCUT2D eigenvalue weighted by atomic mass is 32.2. The topological polar surface area (TPSA) is 85.6 Å². The zero-order chi connectivity index (χ0) is 18.2. The highest BCUT2D eigenvalue weighted by Gasteiger charge is 2.31. The summed E-state index contributed by atoms with van der Waals surface area (Å²) in [6.07, 6.45) is -3.66. The smallest absolute Gasteiger partial charge is 0.406 e. The van der Waals surface area contributed by atoms with Crippen LogP contribution in [-0.4, -0.2) is 29.4 Å². The molecule has 7 nitrogen and oxygen atoms in total. The molecule has 11 heteroatoms. The van der Waals surface area contributed by atoms with Gasteiger partial charge < -0.3 is 4.74 Å². The van der Waals surface area contributed by atoms with Crippen molar-refractivity contribution in [1.29, 1.82) is 0 Å². The fourth-order valence-corrected chi connectivity index (χ4v) is 3.17. The minimum atomic E-state index is -4.85. The van der Waals surface area contributed by atoms with Crippen molar-refractivity contribution in [1.82, 2.24) is 14.6 Å².